The van der Waals surface area contributed by atoms with Crippen LogP contribution in [-0.2, 0) is 9.59 Å². The van der Waals surface area contributed by atoms with E-state index in [-0.39, 0.29) is 23.4 Å². The first kappa shape index (κ1) is 18.0. The molecule has 3 unspecified atom stereocenters. The monoisotopic (exact) mass is 298 g/mol. The van der Waals surface area contributed by atoms with Gasteiger partial charge in [-0.15, -0.1) is 0 Å². The Bertz CT molecular complexity index is 351. The number of hydrogen-bond donors (Lipinski definition) is 3. The summed E-state index contributed by atoms with van der Waals surface area (Å²) in [5.41, 5.74) is -0.378. The number of rotatable bonds is 9. The lowest BCUT2D eigenvalue weighted by atomic mass is 9.90. The molecule has 0 aliphatic carbocycles. The first-order valence-corrected chi connectivity index (χ1v) is 8.20. The Morgan fingerprint density at radius 3 is 2.57 bits per heavy atom. The van der Waals surface area contributed by atoms with E-state index in [1.807, 2.05) is 6.92 Å². The summed E-state index contributed by atoms with van der Waals surface area (Å²) >= 11 is 0. The Morgan fingerprint density at radius 1 is 1.33 bits per heavy atom. The average molecular weight is 298 g/mol. The Morgan fingerprint density at radius 2 is 2.05 bits per heavy atom. The van der Waals surface area contributed by atoms with E-state index in [1.54, 1.807) is 6.92 Å². The lowest BCUT2D eigenvalue weighted by molar-refractivity contribution is -0.141. The smallest absolute Gasteiger partial charge is 0.306 e. The van der Waals surface area contributed by atoms with Gasteiger partial charge in [0.1, 0.15) is 0 Å². The van der Waals surface area contributed by atoms with Crippen molar-refractivity contribution in [2.45, 2.75) is 77.3 Å². The summed E-state index contributed by atoms with van der Waals surface area (Å²) in [7, 11) is 0. The van der Waals surface area contributed by atoms with Crippen molar-refractivity contribution >= 4 is 11.9 Å². The number of aliphatic carboxylic acids is 1. The van der Waals surface area contributed by atoms with E-state index in [1.165, 1.54) is 0 Å². The van der Waals surface area contributed by atoms with E-state index in [2.05, 4.69) is 17.6 Å². The van der Waals surface area contributed by atoms with Crippen molar-refractivity contribution < 1.29 is 14.7 Å². The molecule has 21 heavy (non-hydrogen) atoms. The van der Waals surface area contributed by atoms with Crippen LogP contribution in [0.5, 0.6) is 0 Å². The number of carboxylic acid groups (broad SMARTS) is 1. The highest BCUT2D eigenvalue weighted by Gasteiger charge is 2.40. The van der Waals surface area contributed by atoms with E-state index in [4.69, 9.17) is 5.11 Å². The molecule has 0 bridgehead atoms. The molecule has 1 fully saturated rings. The molecule has 0 aromatic rings. The first-order valence-electron chi connectivity index (χ1n) is 8.20. The Labute approximate surface area is 127 Å². The normalized spacial score (nSPS) is 24.5. The molecule has 122 valence electrons. The van der Waals surface area contributed by atoms with Crippen molar-refractivity contribution in [2.24, 2.45) is 5.92 Å². The Kier molecular flexibility index (Phi) is 7.15. The van der Waals surface area contributed by atoms with Crippen LogP contribution in [-0.4, -0.2) is 35.1 Å². The van der Waals surface area contributed by atoms with Gasteiger partial charge in [-0.25, -0.2) is 0 Å². The molecule has 0 aromatic carbocycles. The third kappa shape index (κ3) is 5.30. The van der Waals surface area contributed by atoms with Gasteiger partial charge in [-0.2, -0.15) is 0 Å². The highest BCUT2D eigenvalue weighted by atomic mass is 16.4. The Balaban J connectivity index is 2.37. The molecule has 0 saturated carbocycles. The van der Waals surface area contributed by atoms with Crippen LogP contribution in [0.25, 0.3) is 0 Å². The fraction of sp³-hybridized carbons (Fsp3) is 0.875. The fourth-order valence-corrected chi connectivity index (χ4v) is 3.04. The van der Waals surface area contributed by atoms with Gasteiger partial charge in [0.05, 0.1) is 11.5 Å². The topological polar surface area (TPSA) is 78.4 Å². The fourth-order valence-electron chi connectivity index (χ4n) is 3.04. The lowest BCUT2D eigenvalue weighted by Gasteiger charge is -2.29. The van der Waals surface area contributed by atoms with E-state index < -0.39 is 5.97 Å². The van der Waals surface area contributed by atoms with Gasteiger partial charge in [-0.3, -0.25) is 9.59 Å². The molecule has 0 spiro atoms. The molecule has 1 amide bonds. The minimum atomic E-state index is -0.747. The Hall–Kier alpha value is -1.10. The maximum atomic E-state index is 12.5. The standard InChI is InChI=1S/C16H30N2O3/c1-4-9-16(10-6-11-17-16)15(21)18-13(3)8-5-7-12(2)14(19)20/h12-13,17H,4-11H2,1-3H3,(H,18,21)(H,19,20). The van der Waals surface area contributed by atoms with Crippen LogP contribution in [0.1, 0.15) is 65.7 Å². The van der Waals surface area contributed by atoms with Gasteiger partial charge in [-0.1, -0.05) is 26.7 Å². The highest BCUT2D eigenvalue weighted by Crippen LogP contribution is 2.25. The first-order chi connectivity index (χ1) is 9.91. The van der Waals surface area contributed by atoms with E-state index in [0.29, 0.717) is 6.42 Å². The SMILES string of the molecule is CCCC1(C(=O)NC(C)CCCC(C)C(=O)O)CCCN1. The molecule has 3 N–H and O–H groups in total. The minimum Gasteiger partial charge on any atom is -0.481 e. The predicted octanol–water partition coefficient (Wildman–Crippen LogP) is 2.30. The van der Waals surface area contributed by atoms with Crippen molar-refractivity contribution in [3.8, 4) is 0 Å². The van der Waals surface area contributed by atoms with Crippen molar-refractivity contribution in [1.82, 2.24) is 10.6 Å². The number of carbonyl (C=O) groups is 2. The maximum Gasteiger partial charge on any atom is 0.306 e. The molecule has 0 aromatic heterocycles. The molecular weight excluding hydrogens is 268 g/mol. The van der Waals surface area contributed by atoms with Crippen molar-refractivity contribution in [3.63, 3.8) is 0 Å². The van der Waals surface area contributed by atoms with Crippen LogP contribution < -0.4 is 10.6 Å². The van der Waals surface area contributed by atoms with E-state index in [0.717, 1.165) is 45.1 Å². The quantitative estimate of drug-likeness (QED) is 0.610. The van der Waals surface area contributed by atoms with Gasteiger partial charge in [0.15, 0.2) is 0 Å². The summed E-state index contributed by atoms with van der Waals surface area (Å²) in [6.45, 7) is 6.74. The van der Waals surface area contributed by atoms with Crippen LogP contribution in [0.4, 0.5) is 0 Å². The van der Waals surface area contributed by atoms with E-state index >= 15 is 0 Å². The summed E-state index contributed by atoms with van der Waals surface area (Å²) in [5.74, 6) is -0.944. The van der Waals surface area contributed by atoms with Crippen molar-refractivity contribution in [2.75, 3.05) is 6.54 Å². The number of amides is 1. The van der Waals surface area contributed by atoms with Crippen LogP contribution in [0, 0.1) is 5.92 Å². The number of carboxylic acids is 1. The molecule has 1 rings (SSSR count). The molecular formula is C16H30N2O3. The molecule has 0 radical (unpaired) electrons. The summed E-state index contributed by atoms with van der Waals surface area (Å²) < 4.78 is 0. The second-order valence-electron chi connectivity index (χ2n) is 6.41. The maximum absolute atomic E-state index is 12.5. The van der Waals surface area contributed by atoms with E-state index in [9.17, 15) is 9.59 Å². The third-order valence-corrected chi connectivity index (χ3v) is 4.43. The number of hydrogen-bond acceptors (Lipinski definition) is 3. The summed E-state index contributed by atoms with van der Waals surface area (Å²) in [5, 5.41) is 15.3. The van der Waals surface area contributed by atoms with Crippen LogP contribution in [0.2, 0.25) is 0 Å². The number of carbonyl (C=O) groups excluding carboxylic acids is 1. The van der Waals surface area contributed by atoms with Gasteiger partial charge in [0.25, 0.3) is 0 Å². The molecule has 1 saturated heterocycles. The van der Waals surface area contributed by atoms with Crippen LogP contribution >= 0.6 is 0 Å². The zero-order valence-electron chi connectivity index (χ0n) is 13.6. The largest absolute Gasteiger partial charge is 0.481 e. The molecule has 1 aliphatic rings. The summed E-state index contributed by atoms with van der Waals surface area (Å²) in [6, 6.07) is 0.0922. The summed E-state index contributed by atoms with van der Waals surface area (Å²) in [6.07, 6.45) is 6.14. The molecule has 1 aliphatic heterocycles. The van der Waals surface area contributed by atoms with Crippen molar-refractivity contribution in [1.29, 1.82) is 0 Å². The highest BCUT2D eigenvalue weighted by molar-refractivity contribution is 5.86. The van der Waals surface area contributed by atoms with Crippen LogP contribution in [0.3, 0.4) is 0 Å². The van der Waals surface area contributed by atoms with Crippen LogP contribution in [0.15, 0.2) is 0 Å². The average Bonchev–Trinajstić information content (AvgIpc) is 2.88. The zero-order chi connectivity index (χ0) is 15.9. The predicted molar refractivity (Wildman–Crippen MR) is 83.1 cm³/mol. The van der Waals surface area contributed by atoms with Crippen molar-refractivity contribution in [3.05, 3.63) is 0 Å². The molecule has 5 nitrogen and oxygen atoms in total. The number of nitrogens with one attached hydrogen (secondary N) is 2. The molecule has 3 atom stereocenters. The minimum absolute atomic E-state index is 0.0922. The summed E-state index contributed by atoms with van der Waals surface area (Å²) in [4.78, 5) is 23.3. The second kappa shape index (κ2) is 8.37. The van der Waals surface area contributed by atoms with Gasteiger partial charge in [-0.05, 0) is 45.6 Å². The van der Waals surface area contributed by atoms with Gasteiger partial charge in [0.2, 0.25) is 5.91 Å². The van der Waals surface area contributed by atoms with Gasteiger partial charge < -0.3 is 15.7 Å². The zero-order valence-corrected chi connectivity index (χ0v) is 13.6. The third-order valence-electron chi connectivity index (χ3n) is 4.43. The molecule has 5 heteroatoms. The lowest BCUT2D eigenvalue weighted by Crippen LogP contribution is -2.55. The molecule has 1 heterocycles. The van der Waals surface area contributed by atoms with Gasteiger partial charge >= 0.3 is 5.97 Å². The second-order valence-corrected chi connectivity index (χ2v) is 6.41. The van der Waals surface area contributed by atoms with Gasteiger partial charge in [0, 0.05) is 6.04 Å².